The van der Waals surface area contributed by atoms with Crippen LogP contribution in [0, 0.1) is 0 Å². The number of aliphatic hydroxyl groups is 3. The third-order valence-electron chi connectivity index (χ3n) is 7.05. The van der Waals surface area contributed by atoms with Crippen molar-refractivity contribution in [1.29, 1.82) is 0 Å². The number of para-hydroxylation sites is 1. The molecule has 0 bridgehead atoms. The highest BCUT2D eigenvalue weighted by atomic mass is 16.5. The lowest BCUT2D eigenvalue weighted by Crippen LogP contribution is -2.58. The Hall–Kier alpha value is -2.75. The van der Waals surface area contributed by atoms with E-state index in [0.717, 1.165) is 22.9 Å². The first-order valence-electron chi connectivity index (χ1n) is 12.1. The number of carbonyl (C=O) groups is 1. The van der Waals surface area contributed by atoms with Gasteiger partial charge in [0, 0.05) is 18.1 Å². The standard InChI is InChI=1S/C27H32N2O6/c1-34-23(30)14-28-13-22-24(31)25(32)26(33)27(35-22)29-15-19(20-4-2-3-5-21(20)29)12-16-6-8-17(9-7-16)18-10-11-18/h2-9,15,18,22,24-28,31-33H,10-14H2,1H3/t22-,24-,25+,26-,27-/m1/s1. The first kappa shape index (κ1) is 24.0. The molecule has 1 aliphatic heterocycles. The van der Waals surface area contributed by atoms with Crippen LogP contribution < -0.4 is 5.32 Å². The summed E-state index contributed by atoms with van der Waals surface area (Å²) in [5.74, 6) is 0.270. The Labute approximate surface area is 204 Å². The van der Waals surface area contributed by atoms with Crippen molar-refractivity contribution in [2.24, 2.45) is 0 Å². The summed E-state index contributed by atoms with van der Waals surface area (Å²) in [5.41, 5.74) is 4.54. The van der Waals surface area contributed by atoms with Crippen molar-refractivity contribution in [3.63, 3.8) is 0 Å². The zero-order valence-corrected chi connectivity index (χ0v) is 19.7. The van der Waals surface area contributed by atoms with Crippen molar-refractivity contribution in [2.75, 3.05) is 20.2 Å². The van der Waals surface area contributed by atoms with Crippen LogP contribution in [0.5, 0.6) is 0 Å². The number of hydrogen-bond donors (Lipinski definition) is 4. The van der Waals surface area contributed by atoms with Crippen molar-refractivity contribution >= 4 is 16.9 Å². The molecule has 5 rings (SSSR count). The molecule has 0 amide bonds. The number of nitrogens with one attached hydrogen (secondary N) is 1. The summed E-state index contributed by atoms with van der Waals surface area (Å²) >= 11 is 0. The fourth-order valence-corrected chi connectivity index (χ4v) is 4.89. The number of carbonyl (C=O) groups excluding carboxylic acids is 1. The number of nitrogens with zero attached hydrogens (tertiary/aromatic N) is 1. The fourth-order valence-electron chi connectivity index (χ4n) is 4.89. The van der Waals surface area contributed by atoms with Gasteiger partial charge < -0.3 is 34.7 Å². The van der Waals surface area contributed by atoms with Gasteiger partial charge in [-0.05, 0) is 47.9 Å². The van der Waals surface area contributed by atoms with Crippen molar-refractivity contribution < 1.29 is 29.6 Å². The molecule has 0 spiro atoms. The van der Waals surface area contributed by atoms with Gasteiger partial charge in [-0.2, -0.15) is 0 Å². The molecule has 2 aliphatic rings. The molecule has 35 heavy (non-hydrogen) atoms. The zero-order chi connectivity index (χ0) is 24.5. The summed E-state index contributed by atoms with van der Waals surface area (Å²) in [6, 6.07) is 16.7. The molecule has 2 aromatic carbocycles. The first-order valence-corrected chi connectivity index (χ1v) is 12.1. The molecular weight excluding hydrogens is 448 g/mol. The Morgan fingerprint density at radius 2 is 1.80 bits per heavy atom. The van der Waals surface area contributed by atoms with E-state index in [1.807, 2.05) is 35.0 Å². The smallest absolute Gasteiger partial charge is 0.319 e. The molecule has 1 aromatic heterocycles. The average Bonchev–Trinajstić information content (AvgIpc) is 3.67. The van der Waals surface area contributed by atoms with Crippen LogP contribution in [0.1, 0.15) is 41.7 Å². The second-order valence-electron chi connectivity index (χ2n) is 9.52. The Balaban J connectivity index is 1.40. The van der Waals surface area contributed by atoms with E-state index < -0.39 is 36.6 Å². The van der Waals surface area contributed by atoms with E-state index in [4.69, 9.17) is 4.74 Å². The lowest BCUT2D eigenvalue weighted by atomic mass is 9.97. The number of ether oxygens (including phenoxy) is 2. The van der Waals surface area contributed by atoms with Crippen LogP contribution >= 0.6 is 0 Å². The molecule has 3 aromatic rings. The van der Waals surface area contributed by atoms with E-state index in [-0.39, 0.29) is 13.1 Å². The lowest BCUT2D eigenvalue weighted by molar-refractivity contribution is -0.242. The molecule has 8 heteroatoms. The second-order valence-corrected chi connectivity index (χ2v) is 9.52. The van der Waals surface area contributed by atoms with Gasteiger partial charge in [-0.1, -0.05) is 42.5 Å². The third kappa shape index (κ3) is 4.98. The number of aliphatic hydroxyl groups excluding tert-OH is 3. The molecule has 1 saturated carbocycles. The maximum absolute atomic E-state index is 11.4. The Morgan fingerprint density at radius 3 is 2.51 bits per heavy atom. The minimum absolute atomic E-state index is 0.0530. The SMILES string of the molecule is COC(=O)CNC[C@H]1O[C@@H](n2cc(Cc3ccc(C4CC4)cc3)c3ccccc32)[C@H](O)[C@@H](O)[C@@H]1O. The van der Waals surface area contributed by atoms with Gasteiger partial charge in [-0.25, -0.2) is 0 Å². The maximum atomic E-state index is 11.4. The van der Waals surface area contributed by atoms with Gasteiger partial charge in [0.05, 0.1) is 19.2 Å². The van der Waals surface area contributed by atoms with Crippen molar-refractivity contribution in [2.45, 2.75) is 55.8 Å². The molecule has 2 fully saturated rings. The maximum Gasteiger partial charge on any atom is 0.319 e. The summed E-state index contributed by atoms with van der Waals surface area (Å²) in [5, 5.41) is 35.8. The van der Waals surface area contributed by atoms with Crippen LogP contribution in [-0.2, 0) is 20.7 Å². The van der Waals surface area contributed by atoms with Crippen molar-refractivity contribution in [3.8, 4) is 0 Å². The monoisotopic (exact) mass is 480 g/mol. The van der Waals surface area contributed by atoms with Crippen molar-refractivity contribution in [1.82, 2.24) is 9.88 Å². The van der Waals surface area contributed by atoms with Crippen LogP contribution in [0.15, 0.2) is 54.7 Å². The first-order chi connectivity index (χ1) is 17.0. The van der Waals surface area contributed by atoms with Gasteiger partial charge in [0.25, 0.3) is 0 Å². The van der Waals surface area contributed by atoms with Gasteiger partial charge in [0.1, 0.15) is 24.4 Å². The summed E-state index contributed by atoms with van der Waals surface area (Å²) < 4.78 is 12.5. The summed E-state index contributed by atoms with van der Waals surface area (Å²) in [4.78, 5) is 11.4. The van der Waals surface area contributed by atoms with Crippen LogP contribution in [0.25, 0.3) is 10.9 Å². The summed E-state index contributed by atoms with van der Waals surface area (Å²) in [7, 11) is 1.29. The average molecular weight is 481 g/mol. The number of methoxy groups -OCH3 is 1. The van der Waals surface area contributed by atoms with E-state index >= 15 is 0 Å². The molecule has 0 radical (unpaired) electrons. The van der Waals surface area contributed by atoms with Crippen LogP contribution in [0.3, 0.4) is 0 Å². The quantitative estimate of drug-likeness (QED) is 0.364. The number of rotatable bonds is 8. The number of aromatic nitrogens is 1. The Kier molecular flexibility index (Phi) is 6.91. The number of esters is 1. The third-order valence-corrected chi connectivity index (χ3v) is 7.05. The van der Waals surface area contributed by atoms with Crippen molar-refractivity contribution in [3.05, 3.63) is 71.4 Å². The van der Waals surface area contributed by atoms with Gasteiger partial charge in [-0.3, -0.25) is 4.79 Å². The molecule has 2 heterocycles. The van der Waals surface area contributed by atoms with E-state index in [9.17, 15) is 20.1 Å². The van der Waals surface area contributed by atoms with E-state index in [1.165, 1.54) is 31.1 Å². The highest BCUT2D eigenvalue weighted by molar-refractivity contribution is 5.84. The molecule has 1 saturated heterocycles. The zero-order valence-electron chi connectivity index (χ0n) is 19.7. The van der Waals surface area contributed by atoms with Gasteiger partial charge >= 0.3 is 5.97 Å². The largest absolute Gasteiger partial charge is 0.468 e. The van der Waals surface area contributed by atoms with Crippen LogP contribution in [0.4, 0.5) is 0 Å². The highest BCUT2D eigenvalue weighted by Gasteiger charge is 2.44. The number of benzene rings is 2. The van der Waals surface area contributed by atoms with E-state index in [1.54, 1.807) is 0 Å². The second kappa shape index (κ2) is 10.1. The molecular formula is C27H32N2O6. The predicted molar refractivity (Wildman–Crippen MR) is 130 cm³/mol. The topological polar surface area (TPSA) is 113 Å². The number of fused-ring (bicyclic) bond motifs is 1. The van der Waals surface area contributed by atoms with Crippen LogP contribution in [0.2, 0.25) is 0 Å². The summed E-state index contributed by atoms with van der Waals surface area (Å²) in [6.45, 7) is 0.0540. The fraction of sp³-hybridized carbons (Fsp3) is 0.444. The van der Waals surface area contributed by atoms with E-state index in [2.05, 4.69) is 34.3 Å². The minimum Gasteiger partial charge on any atom is -0.468 e. The highest BCUT2D eigenvalue weighted by Crippen LogP contribution is 2.40. The Morgan fingerprint density at radius 1 is 1.06 bits per heavy atom. The van der Waals surface area contributed by atoms with Gasteiger partial charge in [0.15, 0.2) is 6.23 Å². The van der Waals surface area contributed by atoms with Gasteiger partial charge in [0.2, 0.25) is 0 Å². The normalized spacial score (nSPS) is 26.7. The minimum atomic E-state index is -1.40. The number of hydrogen-bond acceptors (Lipinski definition) is 7. The van der Waals surface area contributed by atoms with Gasteiger partial charge in [-0.15, -0.1) is 0 Å². The Bertz CT molecular complexity index is 1170. The van der Waals surface area contributed by atoms with E-state index in [0.29, 0.717) is 5.92 Å². The molecule has 5 atom stereocenters. The molecule has 1 aliphatic carbocycles. The molecule has 0 unspecified atom stereocenters. The molecule has 8 nitrogen and oxygen atoms in total. The predicted octanol–water partition coefficient (Wildman–Crippen LogP) is 1.85. The van der Waals surface area contributed by atoms with Crippen LogP contribution in [-0.4, -0.2) is 70.5 Å². The molecule has 186 valence electrons. The molecule has 4 N–H and O–H groups in total. The summed E-state index contributed by atoms with van der Waals surface area (Å²) in [6.07, 6.45) is -0.559. The lowest BCUT2D eigenvalue weighted by Gasteiger charge is -2.41.